The summed E-state index contributed by atoms with van der Waals surface area (Å²) >= 11 is 0. The molecule has 7 heteroatoms. The number of benzene rings is 1. The van der Waals surface area contributed by atoms with Gasteiger partial charge >= 0.3 is 0 Å². The number of sulfone groups is 1. The minimum absolute atomic E-state index is 0.0713. The number of hydrogen-bond acceptors (Lipinski definition) is 4. The van der Waals surface area contributed by atoms with Gasteiger partial charge in [0.15, 0.2) is 9.84 Å². The molecule has 0 aliphatic carbocycles. The van der Waals surface area contributed by atoms with Crippen LogP contribution in [0.1, 0.15) is 12.0 Å². The molecule has 130 valence electrons. The van der Waals surface area contributed by atoms with Crippen LogP contribution in [0.25, 0.3) is 6.08 Å². The van der Waals surface area contributed by atoms with E-state index in [1.807, 2.05) is 0 Å². The summed E-state index contributed by atoms with van der Waals surface area (Å²) in [5.41, 5.74) is 0.777. The average molecular weight is 352 g/mol. The molecule has 2 aliphatic rings. The maximum absolute atomic E-state index is 12.8. The second kappa shape index (κ2) is 7.03. The number of nitrogens with zero attached hydrogens (tertiary/aromatic N) is 2. The zero-order valence-electron chi connectivity index (χ0n) is 13.4. The summed E-state index contributed by atoms with van der Waals surface area (Å²) in [7, 11) is -2.88. The van der Waals surface area contributed by atoms with Crippen molar-refractivity contribution in [3.8, 4) is 0 Å². The fourth-order valence-electron chi connectivity index (χ4n) is 3.22. The van der Waals surface area contributed by atoms with Gasteiger partial charge in [0.1, 0.15) is 5.82 Å². The second-order valence-corrected chi connectivity index (χ2v) is 8.53. The van der Waals surface area contributed by atoms with Crippen LogP contribution in [0.15, 0.2) is 30.3 Å². The topological polar surface area (TPSA) is 57.7 Å². The van der Waals surface area contributed by atoms with Crippen molar-refractivity contribution in [3.05, 3.63) is 41.7 Å². The molecule has 3 rings (SSSR count). The van der Waals surface area contributed by atoms with Crippen molar-refractivity contribution < 1.29 is 17.6 Å². The highest BCUT2D eigenvalue weighted by molar-refractivity contribution is 7.91. The number of carbonyl (C=O) groups is 1. The van der Waals surface area contributed by atoms with E-state index in [2.05, 4.69) is 4.90 Å². The monoisotopic (exact) mass is 352 g/mol. The van der Waals surface area contributed by atoms with Crippen molar-refractivity contribution >= 4 is 21.8 Å². The molecule has 24 heavy (non-hydrogen) atoms. The normalized spacial score (nSPS) is 24.5. The summed E-state index contributed by atoms with van der Waals surface area (Å²) in [6, 6.07) is 6.06. The van der Waals surface area contributed by atoms with Gasteiger partial charge in [0.2, 0.25) is 5.91 Å². The van der Waals surface area contributed by atoms with Crippen LogP contribution in [0.5, 0.6) is 0 Å². The predicted molar refractivity (Wildman–Crippen MR) is 90.6 cm³/mol. The molecular weight excluding hydrogens is 331 g/mol. The molecule has 2 saturated heterocycles. The van der Waals surface area contributed by atoms with E-state index < -0.39 is 9.84 Å². The number of hydrogen-bond donors (Lipinski definition) is 0. The molecule has 1 unspecified atom stereocenters. The Morgan fingerprint density at radius 2 is 1.79 bits per heavy atom. The van der Waals surface area contributed by atoms with Gasteiger partial charge in [-0.3, -0.25) is 9.69 Å². The Morgan fingerprint density at radius 3 is 2.38 bits per heavy atom. The molecule has 1 aromatic carbocycles. The van der Waals surface area contributed by atoms with Gasteiger partial charge in [-0.2, -0.15) is 0 Å². The van der Waals surface area contributed by atoms with E-state index in [4.69, 9.17) is 0 Å². The number of rotatable bonds is 3. The average Bonchev–Trinajstić information content (AvgIpc) is 2.94. The first kappa shape index (κ1) is 17.1. The van der Waals surface area contributed by atoms with Crippen LogP contribution >= 0.6 is 0 Å². The largest absolute Gasteiger partial charge is 0.337 e. The molecule has 1 atom stereocenters. The van der Waals surface area contributed by atoms with Gasteiger partial charge in [0, 0.05) is 38.3 Å². The summed E-state index contributed by atoms with van der Waals surface area (Å²) in [4.78, 5) is 16.2. The Labute approximate surface area is 141 Å². The van der Waals surface area contributed by atoms with Crippen molar-refractivity contribution in [2.24, 2.45) is 0 Å². The lowest BCUT2D eigenvalue weighted by Gasteiger charge is -2.37. The fourth-order valence-corrected chi connectivity index (χ4v) is 4.98. The van der Waals surface area contributed by atoms with Crippen molar-refractivity contribution in [2.45, 2.75) is 12.5 Å². The maximum atomic E-state index is 12.8. The minimum atomic E-state index is -2.88. The Kier molecular flexibility index (Phi) is 5.01. The zero-order chi connectivity index (χ0) is 17.2. The van der Waals surface area contributed by atoms with Crippen LogP contribution in [0.4, 0.5) is 4.39 Å². The van der Waals surface area contributed by atoms with E-state index in [1.165, 1.54) is 18.2 Å². The third-order valence-electron chi connectivity index (χ3n) is 4.64. The molecule has 1 aromatic rings. The number of halogens is 1. The highest BCUT2D eigenvalue weighted by Crippen LogP contribution is 2.19. The molecule has 0 saturated carbocycles. The van der Waals surface area contributed by atoms with Gasteiger partial charge in [-0.05, 0) is 30.2 Å². The van der Waals surface area contributed by atoms with Crippen molar-refractivity contribution in [1.29, 1.82) is 0 Å². The molecular formula is C17H21FN2O3S. The van der Waals surface area contributed by atoms with Gasteiger partial charge in [-0.25, -0.2) is 12.8 Å². The van der Waals surface area contributed by atoms with Gasteiger partial charge in [-0.1, -0.05) is 12.1 Å². The first-order valence-corrected chi connectivity index (χ1v) is 9.92. The highest BCUT2D eigenvalue weighted by Gasteiger charge is 2.34. The smallest absolute Gasteiger partial charge is 0.246 e. The standard InChI is InChI=1S/C17H21FN2O3S/c18-15-4-1-14(2-5-15)3-6-17(21)20-10-8-19(9-11-20)16-7-12-24(22,23)13-16/h1-6,16H,7-13H2/b6-3+. The molecule has 0 radical (unpaired) electrons. The summed E-state index contributed by atoms with van der Waals surface area (Å²) in [5, 5.41) is 0. The maximum Gasteiger partial charge on any atom is 0.246 e. The molecule has 5 nitrogen and oxygen atoms in total. The lowest BCUT2D eigenvalue weighted by Crippen LogP contribution is -2.52. The molecule has 2 aliphatic heterocycles. The molecule has 1 amide bonds. The number of amides is 1. The van der Waals surface area contributed by atoms with Crippen molar-refractivity contribution in [1.82, 2.24) is 9.80 Å². The van der Waals surface area contributed by atoms with Gasteiger partial charge in [0.25, 0.3) is 0 Å². The highest BCUT2D eigenvalue weighted by atomic mass is 32.2. The van der Waals surface area contributed by atoms with E-state index in [0.29, 0.717) is 32.6 Å². The summed E-state index contributed by atoms with van der Waals surface area (Å²) < 4.78 is 36.0. The molecule has 0 spiro atoms. The fraction of sp³-hybridized carbons (Fsp3) is 0.471. The summed E-state index contributed by atoms with van der Waals surface area (Å²) in [6.07, 6.45) is 3.88. The van der Waals surface area contributed by atoms with E-state index in [-0.39, 0.29) is 29.3 Å². The van der Waals surface area contributed by atoms with E-state index in [9.17, 15) is 17.6 Å². The molecule has 0 N–H and O–H groups in total. The molecule has 0 bridgehead atoms. The minimum Gasteiger partial charge on any atom is -0.337 e. The molecule has 2 heterocycles. The molecule has 2 fully saturated rings. The summed E-state index contributed by atoms with van der Waals surface area (Å²) in [6.45, 7) is 2.61. The van der Waals surface area contributed by atoms with Crippen LogP contribution in [0.3, 0.4) is 0 Å². The quantitative estimate of drug-likeness (QED) is 0.767. The van der Waals surface area contributed by atoms with Crippen molar-refractivity contribution in [2.75, 3.05) is 37.7 Å². The predicted octanol–water partition coefficient (Wildman–Crippen LogP) is 1.17. The van der Waals surface area contributed by atoms with Crippen LogP contribution in [-0.2, 0) is 14.6 Å². The van der Waals surface area contributed by atoms with Crippen LogP contribution in [0.2, 0.25) is 0 Å². The van der Waals surface area contributed by atoms with Gasteiger partial charge in [0.05, 0.1) is 11.5 Å². The van der Waals surface area contributed by atoms with Crippen LogP contribution < -0.4 is 0 Å². The third kappa shape index (κ3) is 4.21. The zero-order valence-corrected chi connectivity index (χ0v) is 14.2. The van der Waals surface area contributed by atoms with E-state index in [1.54, 1.807) is 23.1 Å². The Balaban J connectivity index is 1.51. The lowest BCUT2D eigenvalue weighted by atomic mass is 10.2. The van der Waals surface area contributed by atoms with Crippen molar-refractivity contribution in [3.63, 3.8) is 0 Å². The number of carbonyl (C=O) groups excluding carboxylic acids is 1. The van der Waals surface area contributed by atoms with E-state index in [0.717, 1.165) is 5.56 Å². The SMILES string of the molecule is O=C(/C=C/c1ccc(F)cc1)N1CCN(C2CCS(=O)(=O)C2)CC1. The van der Waals surface area contributed by atoms with E-state index >= 15 is 0 Å². The third-order valence-corrected chi connectivity index (χ3v) is 6.39. The second-order valence-electron chi connectivity index (χ2n) is 6.30. The van der Waals surface area contributed by atoms with Gasteiger partial charge < -0.3 is 4.90 Å². The molecule has 0 aromatic heterocycles. The summed E-state index contributed by atoms with van der Waals surface area (Å²) in [5.74, 6) is 0.143. The lowest BCUT2D eigenvalue weighted by molar-refractivity contribution is -0.127. The first-order valence-electron chi connectivity index (χ1n) is 8.10. The van der Waals surface area contributed by atoms with Gasteiger partial charge in [-0.15, -0.1) is 0 Å². The Hall–Kier alpha value is -1.73. The Bertz CT molecular complexity index is 723. The van der Waals surface area contributed by atoms with Crippen LogP contribution in [-0.4, -0.2) is 67.9 Å². The first-order chi connectivity index (χ1) is 11.4. The Morgan fingerprint density at radius 1 is 1.12 bits per heavy atom. The van der Waals surface area contributed by atoms with Crippen LogP contribution in [0, 0.1) is 5.82 Å². The number of piperazine rings is 1.